The Morgan fingerprint density at radius 2 is 1.66 bits per heavy atom. The number of carbonyl (C=O) groups is 2. The highest BCUT2D eigenvalue weighted by molar-refractivity contribution is 5.96. The van der Waals surface area contributed by atoms with Crippen LogP contribution in [0, 0.1) is 5.82 Å². The number of hydrogen-bond acceptors (Lipinski definition) is 7. The summed E-state index contributed by atoms with van der Waals surface area (Å²) in [4.78, 5) is 27.9. The van der Waals surface area contributed by atoms with Crippen LogP contribution in [0.1, 0.15) is 48.0 Å². The normalized spacial score (nSPS) is 14.7. The molecule has 10 heteroatoms. The fraction of sp³-hybridized carbons (Fsp3) is 0.429. The number of halogens is 1. The highest BCUT2D eigenvalue weighted by Gasteiger charge is 2.31. The molecule has 4 rings (SSSR count). The number of likely N-dealkylation sites (N-methyl/N-ethyl adjacent to an activating group) is 1. The number of nitrogens with one attached hydrogen (secondary N) is 1. The maximum Gasteiger partial charge on any atom is 0.251 e. The molecule has 208 valence electrons. The van der Waals surface area contributed by atoms with E-state index >= 15 is 0 Å². The summed E-state index contributed by atoms with van der Waals surface area (Å²) >= 11 is 0. The Balaban J connectivity index is 0.000000295. The molecule has 2 aromatic rings. The van der Waals surface area contributed by atoms with Gasteiger partial charge in [0.25, 0.3) is 5.91 Å². The van der Waals surface area contributed by atoms with Gasteiger partial charge >= 0.3 is 0 Å². The fourth-order valence-electron chi connectivity index (χ4n) is 3.47. The van der Waals surface area contributed by atoms with Crippen molar-refractivity contribution >= 4 is 17.5 Å². The molecule has 2 amide bonds. The van der Waals surface area contributed by atoms with Crippen LogP contribution >= 0.6 is 0 Å². The van der Waals surface area contributed by atoms with Crippen molar-refractivity contribution in [2.45, 2.75) is 38.1 Å². The molecule has 9 nitrogen and oxygen atoms in total. The molecule has 0 spiro atoms. The first-order valence-corrected chi connectivity index (χ1v) is 12.9. The minimum absolute atomic E-state index is 0.000339. The Hall–Kier alpha value is -3.47. The van der Waals surface area contributed by atoms with Crippen molar-refractivity contribution < 1.29 is 14.0 Å². The predicted molar refractivity (Wildman–Crippen MR) is 151 cm³/mol. The van der Waals surface area contributed by atoms with Gasteiger partial charge in [0.2, 0.25) is 5.91 Å². The monoisotopic (exact) mass is 527 g/mol. The molecular weight excluding hydrogens is 485 g/mol. The quantitative estimate of drug-likeness (QED) is 0.306. The second kappa shape index (κ2) is 15.7. The minimum Gasteiger partial charge on any atom is -0.403 e. The van der Waals surface area contributed by atoms with Gasteiger partial charge in [-0.2, -0.15) is 0 Å². The molecule has 1 saturated heterocycles. The van der Waals surface area contributed by atoms with Crippen LogP contribution in [0.25, 0.3) is 0 Å². The second-order valence-corrected chi connectivity index (χ2v) is 9.51. The van der Waals surface area contributed by atoms with Crippen LogP contribution in [-0.4, -0.2) is 67.9 Å². The van der Waals surface area contributed by atoms with Crippen LogP contribution in [0.5, 0.6) is 0 Å². The molecule has 2 fully saturated rings. The summed E-state index contributed by atoms with van der Waals surface area (Å²) in [6.07, 6.45) is 6.49. The van der Waals surface area contributed by atoms with Crippen molar-refractivity contribution in [3.63, 3.8) is 0 Å². The summed E-state index contributed by atoms with van der Waals surface area (Å²) in [5.41, 5.74) is 12.8. The number of rotatable bonds is 8. The Morgan fingerprint density at radius 3 is 2.13 bits per heavy atom. The zero-order valence-corrected chi connectivity index (χ0v) is 22.6. The number of carbonyl (C=O) groups excluding carboxylic acids is 2. The minimum atomic E-state index is -0.294. The molecule has 2 aliphatic rings. The first-order chi connectivity index (χ1) is 18.2. The molecule has 1 saturated carbocycles. The molecule has 38 heavy (non-hydrogen) atoms. The topological polar surface area (TPSA) is 134 Å². The van der Waals surface area contributed by atoms with Crippen LogP contribution in [0.2, 0.25) is 0 Å². The molecule has 1 heterocycles. The van der Waals surface area contributed by atoms with Gasteiger partial charge in [-0.05, 0) is 87.8 Å². The van der Waals surface area contributed by atoms with E-state index in [2.05, 4.69) is 17.1 Å². The second-order valence-electron chi connectivity index (χ2n) is 9.51. The first kappa shape index (κ1) is 30.8. The lowest BCUT2D eigenvalue weighted by molar-refractivity contribution is -0.136. The van der Waals surface area contributed by atoms with Gasteiger partial charge in [0, 0.05) is 37.1 Å². The molecule has 0 aromatic heterocycles. The molecule has 1 aliphatic heterocycles. The smallest absolute Gasteiger partial charge is 0.251 e. The van der Waals surface area contributed by atoms with E-state index in [9.17, 15) is 14.0 Å². The SMILES string of the molecule is CCCN.CN(C)C1CN(C(=O)CNC(=O)c2ccc(N(N)/C=C\N)cc2)C1.Fc1ccc(C2CC2)cc1. The summed E-state index contributed by atoms with van der Waals surface area (Å²) in [6, 6.07) is 13.9. The van der Waals surface area contributed by atoms with Crippen LogP contribution in [-0.2, 0) is 4.79 Å². The number of hydrogen-bond donors (Lipinski definition) is 4. The van der Waals surface area contributed by atoms with Gasteiger partial charge in [-0.3, -0.25) is 14.6 Å². The third-order valence-corrected chi connectivity index (χ3v) is 6.23. The van der Waals surface area contributed by atoms with Gasteiger partial charge in [0.1, 0.15) is 5.82 Å². The number of amides is 2. The van der Waals surface area contributed by atoms with Gasteiger partial charge < -0.3 is 26.6 Å². The molecule has 0 bridgehead atoms. The molecule has 0 unspecified atom stereocenters. The Morgan fingerprint density at radius 1 is 1.08 bits per heavy atom. The fourth-order valence-corrected chi connectivity index (χ4v) is 3.47. The van der Waals surface area contributed by atoms with Crippen LogP contribution in [0.4, 0.5) is 10.1 Å². The summed E-state index contributed by atoms with van der Waals surface area (Å²) in [5, 5.41) is 3.99. The van der Waals surface area contributed by atoms with E-state index in [-0.39, 0.29) is 24.2 Å². The molecule has 7 N–H and O–H groups in total. The first-order valence-electron chi connectivity index (χ1n) is 12.9. The molecule has 0 radical (unpaired) electrons. The van der Waals surface area contributed by atoms with E-state index < -0.39 is 0 Å². The van der Waals surface area contributed by atoms with Crippen molar-refractivity contribution in [1.29, 1.82) is 0 Å². The summed E-state index contributed by atoms with van der Waals surface area (Å²) in [6.45, 7) is 4.29. The lowest BCUT2D eigenvalue weighted by Crippen LogP contribution is -2.60. The Kier molecular flexibility index (Phi) is 12.7. The number of benzene rings is 2. The van der Waals surface area contributed by atoms with Gasteiger partial charge in [-0.25, -0.2) is 10.2 Å². The van der Waals surface area contributed by atoms with Crippen molar-refractivity contribution in [3.05, 3.63) is 77.9 Å². The van der Waals surface area contributed by atoms with Gasteiger partial charge in [-0.15, -0.1) is 0 Å². The molecule has 1 aliphatic carbocycles. The van der Waals surface area contributed by atoms with E-state index in [1.54, 1.807) is 29.2 Å². The number of likely N-dealkylation sites (tertiary alicyclic amines) is 1. The Bertz CT molecular complexity index is 1020. The maximum absolute atomic E-state index is 12.4. The summed E-state index contributed by atoms with van der Waals surface area (Å²) in [7, 11) is 3.98. The van der Waals surface area contributed by atoms with Crippen molar-refractivity contribution in [2.75, 3.05) is 45.3 Å². The average molecular weight is 528 g/mol. The number of hydrazine groups is 1. The predicted octanol–water partition coefficient (Wildman–Crippen LogP) is 2.36. The van der Waals surface area contributed by atoms with Crippen molar-refractivity contribution in [3.8, 4) is 0 Å². The standard InChI is InChI=1S/C16H24N6O2.C9H9F.C3H9N/c1-20(2)14-10-21(11-14)15(23)9-19-16(24)12-3-5-13(6-4-12)22(18)8-7-17;10-9-5-3-8(4-6-9)7-1-2-7;1-2-3-4/h3-8,14H,9-11,17-18H2,1-2H3,(H,19,24);3-7H,1-2H2;2-4H2,1H3/b8-7-;;. The third kappa shape index (κ3) is 10.1. The van der Waals surface area contributed by atoms with Crippen LogP contribution in [0.3, 0.4) is 0 Å². The van der Waals surface area contributed by atoms with Crippen LogP contribution < -0.4 is 27.6 Å². The van der Waals surface area contributed by atoms with E-state index in [1.807, 2.05) is 26.2 Å². The summed E-state index contributed by atoms with van der Waals surface area (Å²) < 4.78 is 12.4. The zero-order valence-electron chi connectivity index (χ0n) is 22.6. The number of nitrogens with zero attached hydrogens (tertiary/aromatic N) is 3. The largest absolute Gasteiger partial charge is 0.403 e. The molecule has 2 aromatic carbocycles. The lowest BCUT2D eigenvalue weighted by Gasteiger charge is -2.42. The molecular formula is C28H42FN7O2. The number of nitrogens with two attached hydrogens (primary N) is 3. The highest BCUT2D eigenvalue weighted by Crippen LogP contribution is 2.39. The lowest BCUT2D eigenvalue weighted by atomic mass is 10.1. The molecule has 0 atom stereocenters. The van der Waals surface area contributed by atoms with E-state index in [1.165, 1.54) is 47.9 Å². The summed E-state index contributed by atoms with van der Waals surface area (Å²) in [5.74, 6) is 5.97. The Labute approximate surface area is 225 Å². The van der Waals surface area contributed by atoms with Crippen molar-refractivity contribution in [2.24, 2.45) is 17.3 Å². The van der Waals surface area contributed by atoms with Gasteiger partial charge in [-0.1, -0.05) is 19.1 Å². The average Bonchev–Trinajstić information content (AvgIpc) is 3.73. The van der Waals surface area contributed by atoms with E-state index in [0.29, 0.717) is 30.4 Å². The van der Waals surface area contributed by atoms with Crippen LogP contribution in [0.15, 0.2) is 60.9 Å². The third-order valence-electron chi connectivity index (χ3n) is 6.23. The van der Waals surface area contributed by atoms with Gasteiger partial charge in [0.05, 0.1) is 12.2 Å². The zero-order chi connectivity index (χ0) is 28.1. The van der Waals surface area contributed by atoms with E-state index in [4.69, 9.17) is 17.3 Å². The van der Waals surface area contributed by atoms with Crippen molar-refractivity contribution in [1.82, 2.24) is 15.1 Å². The van der Waals surface area contributed by atoms with E-state index in [0.717, 1.165) is 18.9 Å². The highest BCUT2D eigenvalue weighted by atomic mass is 19.1. The maximum atomic E-state index is 12.4. The number of anilines is 1. The van der Waals surface area contributed by atoms with Gasteiger partial charge in [0.15, 0.2) is 0 Å².